The lowest BCUT2D eigenvalue weighted by Crippen LogP contribution is -2.41. The molecule has 0 aromatic heterocycles. The maximum atomic E-state index is 12.3. The minimum atomic E-state index is -4.84. The molecular formula is C15H16F3NO5S. The van der Waals surface area contributed by atoms with Crippen LogP contribution in [0.2, 0.25) is 0 Å². The van der Waals surface area contributed by atoms with Crippen LogP contribution in [0.15, 0.2) is 29.2 Å². The van der Waals surface area contributed by atoms with Crippen LogP contribution >= 0.6 is 0 Å². The van der Waals surface area contributed by atoms with Gasteiger partial charge in [-0.15, -0.1) is 0 Å². The maximum Gasteiger partial charge on any atom is 0.403 e. The maximum absolute atomic E-state index is 12.3. The van der Waals surface area contributed by atoms with Crippen molar-refractivity contribution < 1.29 is 36.3 Å². The van der Waals surface area contributed by atoms with Crippen molar-refractivity contribution in [3.63, 3.8) is 0 Å². The summed E-state index contributed by atoms with van der Waals surface area (Å²) in [6, 6.07) is 3.67. The van der Waals surface area contributed by atoms with Crippen LogP contribution in [0.4, 0.5) is 13.2 Å². The Hall–Kier alpha value is -2.10. The molecule has 0 radical (unpaired) electrons. The zero-order chi connectivity index (χ0) is 18.8. The third kappa shape index (κ3) is 4.94. The molecule has 0 saturated carbocycles. The average Bonchev–Trinajstić information content (AvgIpc) is 2.95. The first-order valence-corrected chi connectivity index (χ1v) is 9.05. The largest absolute Gasteiger partial charge is 0.480 e. The predicted molar refractivity (Wildman–Crippen MR) is 80.6 cm³/mol. The number of benzene rings is 1. The third-order valence-corrected chi connectivity index (χ3v) is 5.55. The van der Waals surface area contributed by atoms with Gasteiger partial charge in [0.1, 0.15) is 6.04 Å². The number of hydrogen-bond acceptors (Lipinski definition) is 4. The van der Waals surface area contributed by atoms with Crippen molar-refractivity contribution in [2.75, 3.05) is 12.3 Å². The van der Waals surface area contributed by atoms with Gasteiger partial charge in [-0.05, 0) is 30.5 Å². The minimum Gasteiger partial charge on any atom is -0.480 e. The van der Waals surface area contributed by atoms with Gasteiger partial charge in [0.15, 0.2) is 15.6 Å². The molecule has 2 rings (SSSR count). The number of aliphatic carboxylic acids is 1. The lowest BCUT2D eigenvalue weighted by atomic mass is 10.1. The highest BCUT2D eigenvalue weighted by molar-refractivity contribution is 7.91. The molecule has 25 heavy (non-hydrogen) atoms. The summed E-state index contributed by atoms with van der Waals surface area (Å²) in [6.07, 6.45) is -4.04. The first-order valence-electron chi connectivity index (χ1n) is 7.40. The Labute approximate surface area is 142 Å². The van der Waals surface area contributed by atoms with Gasteiger partial charge in [0.25, 0.3) is 0 Å². The lowest BCUT2D eigenvalue weighted by Gasteiger charge is -2.21. The van der Waals surface area contributed by atoms with Gasteiger partial charge in [-0.3, -0.25) is 4.79 Å². The molecule has 1 aliphatic heterocycles. The zero-order valence-electron chi connectivity index (χ0n) is 13.0. The van der Waals surface area contributed by atoms with Crippen molar-refractivity contribution in [3.05, 3.63) is 29.8 Å². The van der Waals surface area contributed by atoms with E-state index < -0.39 is 44.6 Å². The average molecular weight is 379 g/mol. The summed E-state index contributed by atoms with van der Waals surface area (Å²) in [6.45, 7) is 0.327. The Balaban J connectivity index is 2.08. The highest BCUT2D eigenvalue weighted by atomic mass is 32.2. The molecular weight excluding hydrogens is 363 g/mol. The van der Waals surface area contributed by atoms with E-state index in [9.17, 15) is 31.2 Å². The van der Waals surface area contributed by atoms with E-state index in [0.717, 1.165) is 12.1 Å². The number of halogens is 3. The second-order valence-corrected chi connectivity index (χ2v) is 7.77. The van der Waals surface area contributed by atoms with Gasteiger partial charge in [0.2, 0.25) is 5.91 Å². The molecule has 0 spiro atoms. The number of likely N-dealkylation sites (tertiary alicyclic amines) is 1. The Kier molecular flexibility index (Phi) is 5.40. The Morgan fingerprint density at radius 1 is 1.20 bits per heavy atom. The quantitative estimate of drug-likeness (QED) is 0.840. The predicted octanol–water partition coefficient (Wildman–Crippen LogP) is 1.64. The number of carbonyl (C=O) groups is 2. The summed E-state index contributed by atoms with van der Waals surface area (Å²) in [7, 11) is -4.50. The molecule has 1 aromatic carbocycles. The lowest BCUT2D eigenvalue weighted by molar-refractivity contribution is -0.148. The van der Waals surface area contributed by atoms with Gasteiger partial charge in [0, 0.05) is 6.54 Å². The molecule has 1 aliphatic rings. The normalized spacial score (nSPS) is 18.4. The molecule has 1 N–H and O–H groups in total. The Bertz CT molecular complexity index is 758. The molecule has 0 unspecified atom stereocenters. The smallest absolute Gasteiger partial charge is 0.403 e. The molecule has 1 amide bonds. The number of hydrogen-bond donors (Lipinski definition) is 1. The van der Waals surface area contributed by atoms with E-state index in [4.69, 9.17) is 5.11 Å². The molecule has 138 valence electrons. The van der Waals surface area contributed by atoms with Gasteiger partial charge in [-0.2, -0.15) is 13.2 Å². The molecule has 10 heteroatoms. The van der Waals surface area contributed by atoms with Crippen molar-refractivity contribution in [2.45, 2.75) is 36.4 Å². The van der Waals surface area contributed by atoms with Gasteiger partial charge in [-0.1, -0.05) is 12.1 Å². The summed E-state index contributed by atoms with van der Waals surface area (Å²) in [5.41, 5.74) is 0.395. The fourth-order valence-corrected chi connectivity index (χ4v) is 3.86. The van der Waals surface area contributed by atoms with Crippen molar-refractivity contribution in [3.8, 4) is 0 Å². The van der Waals surface area contributed by atoms with Gasteiger partial charge < -0.3 is 10.0 Å². The Morgan fingerprint density at radius 3 is 2.32 bits per heavy atom. The van der Waals surface area contributed by atoms with Crippen molar-refractivity contribution >= 4 is 21.7 Å². The molecule has 1 saturated heterocycles. The second kappa shape index (κ2) is 7.03. The summed E-state index contributed by atoms with van der Waals surface area (Å²) in [4.78, 5) is 24.0. The molecule has 0 bridgehead atoms. The van der Waals surface area contributed by atoms with Crippen LogP contribution in [0.5, 0.6) is 0 Å². The van der Waals surface area contributed by atoms with Crippen molar-refractivity contribution in [2.24, 2.45) is 0 Å². The van der Waals surface area contributed by atoms with E-state index in [1.54, 1.807) is 0 Å². The first kappa shape index (κ1) is 19.2. The van der Waals surface area contributed by atoms with Crippen LogP contribution in [0.3, 0.4) is 0 Å². The number of carbonyl (C=O) groups excluding carboxylic acids is 1. The SMILES string of the molecule is O=C(O)[C@H]1CCCN1C(=O)Cc1ccc(S(=O)(=O)CC(F)(F)F)cc1. The van der Waals surface area contributed by atoms with Crippen LogP contribution in [0, 0.1) is 0 Å². The van der Waals surface area contributed by atoms with Gasteiger partial charge in [-0.25, -0.2) is 13.2 Å². The summed E-state index contributed by atoms with van der Waals surface area (Å²) in [5, 5.41) is 9.06. The topological polar surface area (TPSA) is 91.8 Å². The first-order chi connectivity index (χ1) is 11.5. The second-order valence-electron chi connectivity index (χ2n) is 5.78. The summed E-state index contributed by atoms with van der Waals surface area (Å²) >= 11 is 0. The van der Waals surface area contributed by atoms with E-state index in [2.05, 4.69) is 0 Å². The summed E-state index contributed by atoms with van der Waals surface area (Å²) in [5.74, 6) is -3.46. The number of carboxylic acid groups (broad SMARTS) is 1. The van der Waals surface area contributed by atoms with Crippen molar-refractivity contribution in [1.82, 2.24) is 4.90 Å². The van der Waals surface area contributed by atoms with Crippen LogP contribution in [-0.4, -0.2) is 54.8 Å². The van der Waals surface area contributed by atoms with Crippen molar-refractivity contribution in [1.29, 1.82) is 0 Å². The van der Waals surface area contributed by atoms with E-state index in [0.29, 0.717) is 24.9 Å². The molecule has 0 aliphatic carbocycles. The molecule has 1 atom stereocenters. The van der Waals surface area contributed by atoms with Crippen LogP contribution in [0.1, 0.15) is 18.4 Å². The zero-order valence-corrected chi connectivity index (χ0v) is 13.8. The monoisotopic (exact) mass is 379 g/mol. The van der Waals surface area contributed by atoms with Crippen LogP contribution in [-0.2, 0) is 25.8 Å². The van der Waals surface area contributed by atoms with Crippen LogP contribution in [0.25, 0.3) is 0 Å². The van der Waals surface area contributed by atoms with E-state index in [-0.39, 0.29) is 6.42 Å². The number of carboxylic acids is 1. The number of alkyl halides is 3. The minimum absolute atomic E-state index is 0.149. The molecule has 1 heterocycles. The molecule has 1 fully saturated rings. The highest BCUT2D eigenvalue weighted by Gasteiger charge is 2.36. The standard InChI is InChI=1S/C15H16F3NO5S/c16-15(17,18)9-25(23,24)11-5-3-10(4-6-11)8-13(20)19-7-1-2-12(19)14(21)22/h3-6,12H,1-2,7-9H2,(H,21,22)/t12-/m1/s1. The number of sulfone groups is 1. The highest BCUT2D eigenvalue weighted by Crippen LogP contribution is 2.23. The number of nitrogens with zero attached hydrogens (tertiary/aromatic N) is 1. The van der Waals surface area contributed by atoms with E-state index in [1.165, 1.54) is 17.0 Å². The third-order valence-electron chi connectivity index (χ3n) is 3.85. The molecule has 1 aromatic rings. The van der Waals surface area contributed by atoms with E-state index in [1.807, 2.05) is 0 Å². The molecule has 6 nitrogen and oxygen atoms in total. The van der Waals surface area contributed by atoms with Crippen LogP contribution < -0.4 is 0 Å². The number of amides is 1. The fraction of sp³-hybridized carbons (Fsp3) is 0.467. The fourth-order valence-electron chi connectivity index (χ4n) is 2.71. The van der Waals surface area contributed by atoms with E-state index >= 15 is 0 Å². The number of rotatable bonds is 5. The van der Waals surface area contributed by atoms with Gasteiger partial charge in [0.05, 0.1) is 11.3 Å². The summed E-state index contributed by atoms with van der Waals surface area (Å²) < 4.78 is 60.2. The Morgan fingerprint density at radius 2 is 1.80 bits per heavy atom. The van der Waals surface area contributed by atoms with Gasteiger partial charge >= 0.3 is 12.1 Å².